The van der Waals surface area contributed by atoms with E-state index < -0.39 is 23.7 Å². The molecule has 0 spiro atoms. The van der Waals surface area contributed by atoms with Crippen LogP contribution in [0.2, 0.25) is 5.02 Å². The molecule has 3 rings (SSSR count). The molecule has 1 atom stereocenters. The van der Waals surface area contributed by atoms with Gasteiger partial charge in [-0.2, -0.15) is 5.10 Å². The summed E-state index contributed by atoms with van der Waals surface area (Å²) in [6.45, 7) is 0. The molecule has 0 aliphatic heterocycles. The molecule has 1 heterocycles. The Morgan fingerprint density at radius 3 is 2.79 bits per heavy atom. The average molecular weight is 352 g/mol. The van der Waals surface area contributed by atoms with E-state index in [1.165, 1.54) is 12.1 Å². The summed E-state index contributed by atoms with van der Waals surface area (Å²) >= 11 is 5.64. The second kappa shape index (κ2) is 6.60. The molecule has 1 aromatic heterocycles. The van der Waals surface area contributed by atoms with Gasteiger partial charge in [0.15, 0.2) is 0 Å². The lowest BCUT2D eigenvalue weighted by Crippen LogP contribution is -2.30. The number of hydrogen-bond acceptors (Lipinski definition) is 3. The lowest BCUT2D eigenvalue weighted by atomic mass is 10.0. The monoisotopic (exact) mass is 351 g/mol. The normalized spacial score (nSPS) is 15.1. The Balaban J connectivity index is 1.78. The van der Waals surface area contributed by atoms with Gasteiger partial charge < -0.3 is 10.4 Å². The zero-order valence-electron chi connectivity index (χ0n) is 12.6. The number of aliphatic carboxylic acids is 1. The molecular formula is C16H15ClFN3O3. The summed E-state index contributed by atoms with van der Waals surface area (Å²) in [4.78, 5) is 23.4. The number of carbonyl (C=O) groups is 2. The Kier molecular flexibility index (Phi) is 4.53. The van der Waals surface area contributed by atoms with Crippen LogP contribution in [0.5, 0.6) is 0 Å². The second-order valence-electron chi connectivity index (χ2n) is 5.78. The number of carbonyl (C=O) groups excluding carboxylic acids is 1. The van der Waals surface area contributed by atoms with Crippen LogP contribution in [0.25, 0.3) is 0 Å². The molecule has 8 heteroatoms. The van der Waals surface area contributed by atoms with E-state index in [-0.39, 0.29) is 17.1 Å². The van der Waals surface area contributed by atoms with Gasteiger partial charge >= 0.3 is 5.97 Å². The van der Waals surface area contributed by atoms with Gasteiger partial charge in [-0.15, -0.1) is 0 Å². The predicted octanol–water partition coefficient (Wildman–Crippen LogP) is 3.03. The van der Waals surface area contributed by atoms with Crippen molar-refractivity contribution in [3.05, 3.63) is 52.1 Å². The fourth-order valence-electron chi connectivity index (χ4n) is 2.44. The summed E-state index contributed by atoms with van der Waals surface area (Å²) in [5.74, 6) is -1.88. The number of nitrogens with one attached hydrogen (secondary N) is 2. The van der Waals surface area contributed by atoms with Gasteiger partial charge in [0.2, 0.25) is 0 Å². The molecular weight excluding hydrogens is 337 g/mol. The fourth-order valence-corrected chi connectivity index (χ4v) is 2.56. The SMILES string of the molecule is O=C(O)CC(NC(=O)c1cc(C2CC2)[nH]n1)c1ccc(Cl)c(F)c1. The first-order valence-corrected chi connectivity index (χ1v) is 7.84. The second-order valence-corrected chi connectivity index (χ2v) is 6.19. The highest BCUT2D eigenvalue weighted by atomic mass is 35.5. The molecule has 0 saturated heterocycles. The first-order valence-electron chi connectivity index (χ1n) is 7.47. The smallest absolute Gasteiger partial charge is 0.305 e. The standard InChI is InChI=1S/C16H15ClFN3O3/c17-10-4-3-9(5-11(10)18)12(7-15(22)23)19-16(24)14-6-13(20-21-14)8-1-2-8/h3-6,8,12H,1-2,7H2,(H,19,24)(H,20,21)(H,22,23). The minimum Gasteiger partial charge on any atom is -0.481 e. The van der Waals surface area contributed by atoms with Crippen LogP contribution in [0.15, 0.2) is 24.3 Å². The number of nitrogens with zero attached hydrogens (tertiary/aromatic N) is 1. The minimum atomic E-state index is -1.11. The van der Waals surface area contributed by atoms with E-state index in [1.807, 2.05) is 0 Å². The summed E-state index contributed by atoms with van der Waals surface area (Å²) in [5, 5.41) is 18.3. The molecule has 1 aliphatic rings. The zero-order chi connectivity index (χ0) is 17.3. The molecule has 126 valence electrons. The first-order chi connectivity index (χ1) is 11.4. The number of aromatic amines is 1. The maximum absolute atomic E-state index is 13.6. The molecule has 24 heavy (non-hydrogen) atoms. The fraction of sp³-hybridized carbons (Fsp3) is 0.312. The van der Waals surface area contributed by atoms with Crippen molar-refractivity contribution in [2.24, 2.45) is 0 Å². The molecule has 6 nitrogen and oxygen atoms in total. The number of halogens is 2. The van der Waals surface area contributed by atoms with Gasteiger partial charge in [0.25, 0.3) is 5.91 Å². The van der Waals surface area contributed by atoms with Crippen molar-refractivity contribution >= 4 is 23.5 Å². The molecule has 3 N–H and O–H groups in total. The maximum atomic E-state index is 13.6. The number of rotatable bonds is 6. The van der Waals surface area contributed by atoms with Crippen LogP contribution in [0, 0.1) is 5.82 Å². The van der Waals surface area contributed by atoms with Gasteiger partial charge in [0.1, 0.15) is 11.5 Å². The van der Waals surface area contributed by atoms with E-state index in [0.717, 1.165) is 24.6 Å². The topological polar surface area (TPSA) is 95.1 Å². The Bertz CT molecular complexity index is 789. The molecule has 0 bridgehead atoms. The highest BCUT2D eigenvalue weighted by Gasteiger charge is 2.27. The van der Waals surface area contributed by atoms with Crippen LogP contribution < -0.4 is 5.32 Å². The molecule has 1 aliphatic carbocycles. The third kappa shape index (κ3) is 3.73. The molecule has 1 amide bonds. The zero-order valence-corrected chi connectivity index (χ0v) is 13.3. The minimum absolute atomic E-state index is 0.0690. The van der Waals surface area contributed by atoms with Crippen molar-refractivity contribution in [3.63, 3.8) is 0 Å². The Morgan fingerprint density at radius 1 is 1.42 bits per heavy atom. The number of carboxylic acid groups (broad SMARTS) is 1. The van der Waals surface area contributed by atoms with Crippen LogP contribution in [0.3, 0.4) is 0 Å². The summed E-state index contributed by atoms with van der Waals surface area (Å²) in [6.07, 6.45) is 1.75. The summed E-state index contributed by atoms with van der Waals surface area (Å²) < 4.78 is 13.6. The molecule has 0 radical (unpaired) electrons. The molecule has 1 saturated carbocycles. The quantitative estimate of drug-likeness (QED) is 0.745. The van der Waals surface area contributed by atoms with Crippen LogP contribution >= 0.6 is 11.6 Å². The number of hydrogen-bond donors (Lipinski definition) is 3. The first kappa shape index (κ1) is 16.4. The number of benzene rings is 1. The summed E-state index contributed by atoms with van der Waals surface area (Å²) in [7, 11) is 0. The van der Waals surface area contributed by atoms with Gasteiger partial charge in [0.05, 0.1) is 17.5 Å². The Hall–Kier alpha value is -2.41. The third-order valence-corrected chi connectivity index (χ3v) is 4.18. The van der Waals surface area contributed by atoms with Gasteiger partial charge in [-0.3, -0.25) is 14.7 Å². The van der Waals surface area contributed by atoms with Crippen molar-refractivity contribution in [2.45, 2.75) is 31.2 Å². The summed E-state index contributed by atoms with van der Waals surface area (Å²) in [6, 6.07) is 4.71. The van der Waals surface area contributed by atoms with Crippen molar-refractivity contribution in [1.82, 2.24) is 15.5 Å². The van der Waals surface area contributed by atoms with Crippen molar-refractivity contribution in [3.8, 4) is 0 Å². The number of H-pyrrole nitrogens is 1. The van der Waals surface area contributed by atoms with E-state index in [9.17, 15) is 14.0 Å². The van der Waals surface area contributed by atoms with Crippen molar-refractivity contribution < 1.29 is 19.1 Å². The number of carboxylic acids is 1. The van der Waals surface area contributed by atoms with Crippen LogP contribution in [0.1, 0.15) is 53.0 Å². The van der Waals surface area contributed by atoms with Crippen LogP contribution in [0.4, 0.5) is 4.39 Å². The lowest BCUT2D eigenvalue weighted by Gasteiger charge is -2.17. The van der Waals surface area contributed by atoms with Crippen LogP contribution in [-0.4, -0.2) is 27.2 Å². The Morgan fingerprint density at radius 2 is 2.17 bits per heavy atom. The lowest BCUT2D eigenvalue weighted by molar-refractivity contribution is -0.137. The average Bonchev–Trinajstić information content (AvgIpc) is 3.26. The molecule has 1 fully saturated rings. The number of aromatic nitrogens is 2. The van der Waals surface area contributed by atoms with Gasteiger partial charge in [-0.05, 0) is 36.6 Å². The van der Waals surface area contributed by atoms with Crippen molar-refractivity contribution in [1.29, 1.82) is 0 Å². The predicted molar refractivity (Wildman–Crippen MR) is 84.4 cm³/mol. The van der Waals surface area contributed by atoms with E-state index in [4.69, 9.17) is 16.7 Å². The van der Waals surface area contributed by atoms with Gasteiger partial charge in [-0.1, -0.05) is 17.7 Å². The van der Waals surface area contributed by atoms with E-state index in [0.29, 0.717) is 11.5 Å². The van der Waals surface area contributed by atoms with E-state index in [1.54, 1.807) is 6.07 Å². The highest BCUT2D eigenvalue weighted by molar-refractivity contribution is 6.30. The van der Waals surface area contributed by atoms with Crippen molar-refractivity contribution in [2.75, 3.05) is 0 Å². The summed E-state index contributed by atoms with van der Waals surface area (Å²) in [5.41, 5.74) is 1.40. The molecule has 2 aromatic rings. The molecule has 1 unspecified atom stereocenters. The number of amides is 1. The van der Waals surface area contributed by atoms with E-state index >= 15 is 0 Å². The maximum Gasteiger partial charge on any atom is 0.305 e. The largest absolute Gasteiger partial charge is 0.481 e. The van der Waals surface area contributed by atoms with E-state index in [2.05, 4.69) is 15.5 Å². The third-order valence-electron chi connectivity index (χ3n) is 3.88. The Labute approximate surface area is 142 Å². The van der Waals surface area contributed by atoms with Crippen LogP contribution in [-0.2, 0) is 4.79 Å². The molecule has 1 aromatic carbocycles. The van der Waals surface area contributed by atoms with Gasteiger partial charge in [-0.25, -0.2) is 4.39 Å². The highest BCUT2D eigenvalue weighted by Crippen LogP contribution is 2.39. The van der Waals surface area contributed by atoms with Gasteiger partial charge in [0, 0.05) is 11.6 Å².